The van der Waals surface area contributed by atoms with Gasteiger partial charge in [0, 0.05) is 16.1 Å². The van der Waals surface area contributed by atoms with E-state index in [1.807, 2.05) is 26.8 Å². The predicted octanol–water partition coefficient (Wildman–Crippen LogP) is 2.41. The Morgan fingerprint density at radius 2 is 1.92 bits per heavy atom. The van der Waals surface area contributed by atoms with Crippen molar-refractivity contribution < 1.29 is 4.79 Å². The minimum Gasteiger partial charge on any atom is -0.384 e. The molecule has 1 heterocycles. The maximum atomic E-state index is 12.0. The lowest BCUT2D eigenvalue weighted by Gasteiger charge is -2.11. The lowest BCUT2D eigenvalue weighted by atomic mass is 10.1. The number of primary amides is 1. The van der Waals surface area contributed by atoms with Crippen molar-refractivity contribution in [3.05, 3.63) is 55.9 Å². The van der Waals surface area contributed by atoms with Gasteiger partial charge in [0.15, 0.2) is 0 Å². The number of aromatic nitrogens is 1. The number of allylic oxidation sites excluding steroid dienone is 2. The molecule has 2 aromatic rings. The van der Waals surface area contributed by atoms with Crippen LogP contribution in [0.2, 0.25) is 0 Å². The first-order chi connectivity index (χ1) is 11.7. The molecule has 2 rings (SSSR count). The van der Waals surface area contributed by atoms with Crippen LogP contribution in [0.15, 0.2) is 34.5 Å². The zero-order valence-electron chi connectivity index (χ0n) is 14.9. The molecular weight excluding hydrogens is 316 g/mol. The Bertz CT molecular complexity index is 1010. The third-order valence-corrected chi connectivity index (χ3v) is 4.36. The zero-order chi connectivity index (χ0) is 18.9. The van der Waals surface area contributed by atoms with Gasteiger partial charge < -0.3 is 11.5 Å². The molecule has 0 fully saturated rings. The third kappa shape index (κ3) is 3.10. The van der Waals surface area contributed by atoms with Crippen LogP contribution in [0.4, 0.5) is 11.5 Å². The molecule has 0 radical (unpaired) electrons. The van der Waals surface area contributed by atoms with E-state index in [9.17, 15) is 9.70 Å². The first kappa shape index (κ1) is 18.2. The SMILES string of the molecule is C=c1/c(=C\C(C)=C(C)C)c(C(N)=O)c(N)n1-c1cccc(N=O)c1C. The number of nitrogen functional groups attached to an aromatic ring is 1. The highest BCUT2D eigenvalue weighted by atomic mass is 16.3. The van der Waals surface area contributed by atoms with E-state index < -0.39 is 5.91 Å². The van der Waals surface area contributed by atoms with Crippen LogP contribution in [0.25, 0.3) is 18.3 Å². The molecule has 0 saturated heterocycles. The molecule has 25 heavy (non-hydrogen) atoms. The number of nitrogens with two attached hydrogens (primary N) is 2. The van der Waals surface area contributed by atoms with Crippen LogP contribution in [0.3, 0.4) is 0 Å². The summed E-state index contributed by atoms with van der Waals surface area (Å²) < 4.78 is 1.63. The molecule has 0 aliphatic rings. The van der Waals surface area contributed by atoms with Gasteiger partial charge in [-0.15, -0.1) is 4.91 Å². The fourth-order valence-electron chi connectivity index (χ4n) is 2.66. The van der Waals surface area contributed by atoms with Crippen LogP contribution in [0, 0.1) is 11.8 Å². The van der Waals surface area contributed by atoms with Gasteiger partial charge in [-0.2, -0.15) is 0 Å². The second-order valence-electron chi connectivity index (χ2n) is 6.16. The lowest BCUT2D eigenvalue weighted by molar-refractivity contribution is 0.100. The average molecular weight is 338 g/mol. The number of rotatable bonds is 4. The van der Waals surface area contributed by atoms with E-state index in [1.165, 1.54) is 0 Å². The van der Waals surface area contributed by atoms with Crippen molar-refractivity contribution in [3.63, 3.8) is 0 Å². The number of hydrogen-bond donors (Lipinski definition) is 2. The van der Waals surface area contributed by atoms with Crippen LogP contribution in [0.1, 0.15) is 36.7 Å². The van der Waals surface area contributed by atoms with Crippen molar-refractivity contribution in [1.29, 1.82) is 0 Å². The van der Waals surface area contributed by atoms with Gasteiger partial charge >= 0.3 is 0 Å². The second kappa shape index (κ2) is 6.76. The van der Waals surface area contributed by atoms with E-state index in [4.69, 9.17) is 11.5 Å². The molecule has 0 spiro atoms. The van der Waals surface area contributed by atoms with Crippen molar-refractivity contribution in [2.75, 3.05) is 5.73 Å². The van der Waals surface area contributed by atoms with Crippen molar-refractivity contribution in [3.8, 4) is 5.69 Å². The van der Waals surface area contributed by atoms with E-state index in [0.717, 1.165) is 11.1 Å². The first-order valence-electron chi connectivity index (χ1n) is 7.78. The summed E-state index contributed by atoms with van der Waals surface area (Å²) in [6, 6.07) is 5.10. The molecule has 130 valence electrons. The topological polar surface area (TPSA) is 103 Å². The molecule has 0 aliphatic carbocycles. The molecular formula is C19H22N4O2. The quantitative estimate of drug-likeness (QED) is 0.837. The van der Waals surface area contributed by atoms with Crippen molar-refractivity contribution >= 4 is 30.1 Å². The Kier molecular flexibility index (Phi) is 4.92. The maximum Gasteiger partial charge on any atom is 0.253 e. The number of nitroso groups, excluding NO2 is 1. The third-order valence-electron chi connectivity index (χ3n) is 4.36. The van der Waals surface area contributed by atoms with Crippen molar-refractivity contribution in [2.24, 2.45) is 10.9 Å². The predicted molar refractivity (Wildman–Crippen MR) is 102 cm³/mol. The van der Waals surface area contributed by atoms with E-state index in [1.54, 1.807) is 29.7 Å². The van der Waals surface area contributed by atoms with Gasteiger partial charge in [-0.05, 0) is 51.1 Å². The van der Waals surface area contributed by atoms with Crippen LogP contribution < -0.4 is 22.0 Å². The summed E-state index contributed by atoms with van der Waals surface area (Å²) in [5.41, 5.74) is 15.7. The Balaban J connectivity index is 2.98. The van der Waals surface area contributed by atoms with Crippen LogP contribution in [-0.4, -0.2) is 10.5 Å². The highest BCUT2D eigenvalue weighted by Crippen LogP contribution is 2.25. The number of anilines is 1. The molecule has 1 aromatic carbocycles. The fraction of sp³-hybridized carbons (Fsp3) is 0.211. The summed E-state index contributed by atoms with van der Waals surface area (Å²) in [4.78, 5) is 23.0. The molecule has 0 aliphatic heterocycles. The summed E-state index contributed by atoms with van der Waals surface area (Å²) in [6.45, 7) is 11.7. The average Bonchev–Trinajstić information content (AvgIpc) is 2.78. The number of hydrogen-bond acceptors (Lipinski definition) is 4. The molecule has 0 saturated carbocycles. The molecule has 1 amide bonds. The van der Waals surface area contributed by atoms with Gasteiger partial charge in [0.2, 0.25) is 0 Å². The number of carbonyl (C=O) groups is 1. The smallest absolute Gasteiger partial charge is 0.253 e. The summed E-state index contributed by atoms with van der Waals surface area (Å²) in [5, 5.41) is 4.12. The van der Waals surface area contributed by atoms with E-state index in [2.05, 4.69) is 11.8 Å². The van der Waals surface area contributed by atoms with Gasteiger partial charge in [-0.1, -0.05) is 23.8 Å². The number of nitrogens with zero attached hydrogens (tertiary/aromatic N) is 2. The Labute approximate surface area is 146 Å². The summed E-state index contributed by atoms with van der Waals surface area (Å²) in [5.74, 6) is -0.437. The first-order valence-corrected chi connectivity index (χ1v) is 7.78. The molecule has 1 aromatic heterocycles. The molecule has 0 unspecified atom stereocenters. The second-order valence-corrected chi connectivity index (χ2v) is 6.16. The normalized spacial score (nSPS) is 11.4. The summed E-state index contributed by atoms with van der Waals surface area (Å²) in [6.07, 6.45) is 1.85. The molecule has 0 atom stereocenters. The fourth-order valence-corrected chi connectivity index (χ4v) is 2.66. The summed E-state index contributed by atoms with van der Waals surface area (Å²) >= 11 is 0. The van der Waals surface area contributed by atoms with Gasteiger partial charge in [0.1, 0.15) is 11.5 Å². The monoisotopic (exact) mass is 338 g/mol. The van der Waals surface area contributed by atoms with E-state index in [-0.39, 0.29) is 11.4 Å². The largest absolute Gasteiger partial charge is 0.384 e. The number of carbonyl (C=O) groups excluding carboxylic acids is 1. The Morgan fingerprint density at radius 3 is 2.44 bits per heavy atom. The van der Waals surface area contributed by atoms with E-state index in [0.29, 0.717) is 27.5 Å². The maximum absolute atomic E-state index is 12.0. The minimum atomic E-state index is -0.628. The van der Waals surface area contributed by atoms with Gasteiger partial charge in [0.05, 0.1) is 11.3 Å². The zero-order valence-corrected chi connectivity index (χ0v) is 14.9. The molecule has 6 nitrogen and oxygen atoms in total. The number of amides is 1. The lowest BCUT2D eigenvalue weighted by Crippen LogP contribution is -2.31. The molecule has 0 bridgehead atoms. The van der Waals surface area contributed by atoms with E-state index >= 15 is 0 Å². The molecule has 4 N–H and O–H groups in total. The number of benzene rings is 1. The Morgan fingerprint density at radius 1 is 1.28 bits per heavy atom. The summed E-state index contributed by atoms with van der Waals surface area (Å²) in [7, 11) is 0. The minimum absolute atomic E-state index is 0.191. The van der Waals surface area contributed by atoms with Gasteiger partial charge in [-0.25, -0.2) is 0 Å². The van der Waals surface area contributed by atoms with Crippen LogP contribution in [-0.2, 0) is 0 Å². The van der Waals surface area contributed by atoms with Crippen molar-refractivity contribution in [1.82, 2.24) is 4.57 Å². The van der Waals surface area contributed by atoms with Gasteiger partial charge in [0.25, 0.3) is 5.91 Å². The van der Waals surface area contributed by atoms with Crippen molar-refractivity contribution in [2.45, 2.75) is 27.7 Å². The van der Waals surface area contributed by atoms with Gasteiger partial charge in [-0.3, -0.25) is 9.36 Å². The highest BCUT2D eigenvalue weighted by Gasteiger charge is 2.19. The molecule has 6 heteroatoms. The highest BCUT2D eigenvalue weighted by molar-refractivity contribution is 5.98. The van der Waals surface area contributed by atoms with Crippen LogP contribution >= 0.6 is 0 Å². The Hall–Kier alpha value is -3.15. The standard InChI is InChI=1S/C19H22N4O2/c1-10(2)11(3)9-14-13(5)23(18(20)17(14)19(21)24)16-8-6-7-15(22-25)12(16)4/h6-9H,5,20H2,1-4H3,(H2,21,24)/b14-9+. The van der Waals surface area contributed by atoms with Crippen LogP contribution in [0.5, 0.6) is 0 Å².